The van der Waals surface area contributed by atoms with Crippen LogP contribution in [0.2, 0.25) is 0 Å². The van der Waals surface area contributed by atoms with E-state index in [1.807, 2.05) is 0 Å². The summed E-state index contributed by atoms with van der Waals surface area (Å²) < 4.78 is 43.7. The lowest BCUT2D eigenvalue weighted by Crippen LogP contribution is -2.30. The van der Waals surface area contributed by atoms with E-state index in [0.29, 0.717) is 0 Å². The van der Waals surface area contributed by atoms with Crippen molar-refractivity contribution in [1.29, 1.82) is 0 Å². The molecule has 0 fully saturated rings. The molecule has 0 spiro atoms. The fourth-order valence-corrected chi connectivity index (χ4v) is 3.63. The molecule has 0 aliphatic heterocycles. The highest BCUT2D eigenvalue weighted by molar-refractivity contribution is 6.05. The van der Waals surface area contributed by atoms with Gasteiger partial charge in [0, 0.05) is 29.3 Å². The molecule has 1 amide bonds. The molecule has 0 aliphatic carbocycles. The number of nitrogens with one attached hydrogen (secondary N) is 1. The van der Waals surface area contributed by atoms with Crippen LogP contribution in [0, 0.1) is 24.4 Å². The Labute approximate surface area is 180 Å². The van der Waals surface area contributed by atoms with E-state index < -0.39 is 46.9 Å². The van der Waals surface area contributed by atoms with Crippen LogP contribution in [0.3, 0.4) is 0 Å². The average Bonchev–Trinajstić information content (AvgIpc) is 3.02. The number of phenolic OH excluding ortho intramolecular Hbond substituents is 1. The Hall–Kier alpha value is -3.82. The minimum Gasteiger partial charge on any atom is -0.503 e. The lowest BCUT2D eigenvalue weighted by atomic mass is 9.96. The number of phenols is 1. The van der Waals surface area contributed by atoms with E-state index in [9.17, 15) is 32.7 Å². The van der Waals surface area contributed by atoms with E-state index in [1.54, 1.807) is 0 Å². The largest absolute Gasteiger partial charge is 0.503 e. The van der Waals surface area contributed by atoms with Crippen LogP contribution in [-0.2, 0) is 9.59 Å². The molecule has 0 bridgehead atoms. The summed E-state index contributed by atoms with van der Waals surface area (Å²) in [6, 6.07) is 5.48. The zero-order valence-electron chi connectivity index (χ0n) is 17.1. The number of aromatic nitrogens is 1. The lowest BCUT2D eigenvalue weighted by molar-refractivity contribution is -0.136. The molecule has 2 aromatic carbocycles. The first-order valence-corrected chi connectivity index (χ1v) is 9.56. The maximum atomic E-state index is 14.9. The number of nitrogens with zero attached hydrogens (tertiary/aromatic N) is 1. The third kappa shape index (κ3) is 4.03. The first kappa shape index (κ1) is 22.9. The summed E-state index contributed by atoms with van der Waals surface area (Å²) in [5.74, 6) is -8.29. The molecular weight excluding hydrogens is 429 g/mol. The van der Waals surface area contributed by atoms with Crippen molar-refractivity contribution in [2.24, 2.45) is 0 Å². The zero-order chi connectivity index (χ0) is 23.7. The molecule has 1 unspecified atom stereocenters. The monoisotopic (exact) mass is 448 g/mol. The molecule has 1 heterocycles. The quantitative estimate of drug-likeness (QED) is 0.535. The first-order chi connectivity index (χ1) is 15.0. The summed E-state index contributed by atoms with van der Waals surface area (Å²) in [5.41, 5.74) is -0.252. The van der Waals surface area contributed by atoms with Gasteiger partial charge in [-0.2, -0.15) is 0 Å². The Morgan fingerprint density at radius 3 is 2.47 bits per heavy atom. The van der Waals surface area contributed by atoms with Crippen molar-refractivity contribution in [3.05, 3.63) is 64.6 Å². The summed E-state index contributed by atoms with van der Waals surface area (Å²) in [6.07, 6.45) is -0.336. The normalized spacial score (nSPS) is 12.0. The molecule has 3 N–H and O–H groups in total. The first-order valence-electron chi connectivity index (χ1n) is 9.56. The fourth-order valence-electron chi connectivity index (χ4n) is 3.63. The van der Waals surface area contributed by atoms with Gasteiger partial charge in [-0.1, -0.05) is 6.07 Å². The second-order valence-electron chi connectivity index (χ2n) is 7.22. The molecule has 168 valence electrons. The Morgan fingerprint density at radius 1 is 1.16 bits per heavy atom. The van der Waals surface area contributed by atoms with Gasteiger partial charge in [-0.3, -0.25) is 19.0 Å². The molecule has 3 aromatic rings. The molecule has 7 nitrogen and oxygen atoms in total. The number of hydrogen-bond acceptors (Lipinski definition) is 4. The molecule has 1 atom stereocenters. The van der Waals surface area contributed by atoms with Crippen molar-refractivity contribution >= 4 is 28.7 Å². The number of aromatic hydroxyl groups is 1. The highest BCUT2D eigenvalue weighted by atomic mass is 19.1. The van der Waals surface area contributed by atoms with Gasteiger partial charge in [-0.25, -0.2) is 13.2 Å². The molecule has 0 saturated heterocycles. The Balaban J connectivity index is 2.20. The molecule has 10 heteroatoms. The van der Waals surface area contributed by atoms with Gasteiger partial charge in [0.1, 0.15) is 5.82 Å². The average molecular weight is 448 g/mol. The van der Waals surface area contributed by atoms with Gasteiger partial charge in [0.15, 0.2) is 17.4 Å². The van der Waals surface area contributed by atoms with Crippen molar-refractivity contribution in [3.8, 4) is 5.75 Å². The molecule has 0 radical (unpaired) electrons. The Bertz CT molecular complexity index is 1250. The van der Waals surface area contributed by atoms with E-state index in [0.717, 1.165) is 22.8 Å². The molecule has 0 aliphatic rings. The number of amides is 1. The molecule has 0 saturated carbocycles. The van der Waals surface area contributed by atoms with E-state index >= 15 is 0 Å². The molecule has 32 heavy (non-hydrogen) atoms. The maximum absolute atomic E-state index is 14.9. The van der Waals surface area contributed by atoms with Crippen LogP contribution in [0.1, 0.15) is 40.9 Å². The van der Waals surface area contributed by atoms with Crippen LogP contribution in [0.25, 0.3) is 10.9 Å². The highest BCUT2D eigenvalue weighted by Crippen LogP contribution is 2.38. The number of benzene rings is 2. The van der Waals surface area contributed by atoms with E-state index in [4.69, 9.17) is 5.11 Å². The minimum atomic E-state index is -1.35. The number of carboxylic acids is 1. The number of hydrogen-bond donors (Lipinski definition) is 3. The number of carbonyl (C=O) groups is 3. The predicted octanol–water partition coefficient (Wildman–Crippen LogP) is 3.46. The molecular formula is C22H19F3N2O5. The lowest BCUT2D eigenvalue weighted by Gasteiger charge is -2.13. The van der Waals surface area contributed by atoms with Gasteiger partial charge >= 0.3 is 5.97 Å². The highest BCUT2D eigenvalue weighted by Gasteiger charge is 2.30. The van der Waals surface area contributed by atoms with Gasteiger partial charge in [-0.15, -0.1) is 0 Å². The van der Waals surface area contributed by atoms with Crippen molar-refractivity contribution < 1.29 is 37.8 Å². The summed E-state index contributed by atoms with van der Waals surface area (Å²) in [4.78, 5) is 36.4. The topological polar surface area (TPSA) is 109 Å². The fraction of sp³-hybridized carbons (Fsp3) is 0.227. The number of halogens is 3. The number of carboxylic acid groups (broad SMARTS) is 1. The van der Waals surface area contributed by atoms with Crippen LogP contribution < -0.4 is 5.32 Å². The Kier molecular flexibility index (Phi) is 6.24. The number of carbonyl (C=O) groups excluding carboxylic acids is 2. The van der Waals surface area contributed by atoms with E-state index in [-0.39, 0.29) is 40.7 Å². The minimum absolute atomic E-state index is 0.00498. The second kappa shape index (κ2) is 8.74. The number of fused-ring (bicyclic) bond motifs is 1. The van der Waals surface area contributed by atoms with Gasteiger partial charge in [0.05, 0.1) is 17.9 Å². The van der Waals surface area contributed by atoms with Crippen molar-refractivity contribution in [3.63, 3.8) is 0 Å². The van der Waals surface area contributed by atoms with Gasteiger partial charge in [0.2, 0.25) is 5.91 Å². The Morgan fingerprint density at radius 2 is 1.84 bits per heavy atom. The SMILES string of the molecule is Cc1c(C(C)C(=O)NCCC(=O)O)c2c(F)c(O)c(F)cc2n1C(=O)c1cccc(F)c1. The summed E-state index contributed by atoms with van der Waals surface area (Å²) >= 11 is 0. The number of rotatable bonds is 6. The maximum Gasteiger partial charge on any atom is 0.305 e. The molecule has 1 aromatic heterocycles. The van der Waals surface area contributed by atoms with Crippen LogP contribution in [0.4, 0.5) is 13.2 Å². The van der Waals surface area contributed by atoms with Gasteiger partial charge in [0.25, 0.3) is 5.91 Å². The summed E-state index contributed by atoms with van der Waals surface area (Å²) in [5, 5.41) is 20.6. The van der Waals surface area contributed by atoms with Gasteiger partial charge < -0.3 is 15.5 Å². The standard InChI is InChI=1S/C22H19F3N2O5/c1-10(21(31)26-7-6-16(28)29)17-11(2)27(22(32)12-4-3-5-13(23)8-12)15-9-14(24)20(30)19(25)18(15)17/h3-5,8-10,30H,6-7H2,1-2H3,(H,26,31)(H,28,29). The van der Waals surface area contributed by atoms with Crippen molar-refractivity contribution in [2.45, 2.75) is 26.2 Å². The second-order valence-corrected chi connectivity index (χ2v) is 7.22. The zero-order valence-corrected chi connectivity index (χ0v) is 17.1. The van der Waals surface area contributed by atoms with Gasteiger partial charge in [-0.05, 0) is 37.6 Å². The smallest absolute Gasteiger partial charge is 0.305 e. The third-order valence-corrected chi connectivity index (χ3v) is 5.15. The third-order valence-electron chi connectivity index (χ3n) is 5.15. The van der Waals surface area contributed by atoms with E-state index in [2.05, 4.69) is 5.32 Å². The van der Waals surface area contributed by atoms with Crippen LogP contribution in [-0.4, -0.2) is 39.1 Å². The van der Waals surface area contributed by atoms with Crippen LogP contribution >= 0.6 is 0 Å². The van der Waals surface area contributed by atoms with E-state index in [1.165, 1.54) is 26.0 Å². The van der Waals surface area contributed by atoms with Crippen molar-refractivity contribution in [1.82, 2.24) is 9.88 Å². The predicted molar refractivity (Wildman–Crippen MR) is 108 cm³/mol. The summed E-state index contributed by atoms with van der Waals surface area (Å²) in [7, 11) is 0. The van der Waals surface area contributed by atoms with Crippen LogP contribution in [0.15, 0.2) is 30.3 Å². The summed E-state index contributed by atoms with van der Waals surface area (Å²) in [6.45, 7) is 2.62. The number of aliphatic carboxylic acids is 1. The van der Waals surface area contributed by atoms with Crippen LogP contribution in [0.5, 0.6) is 5.75 Å². The molecule has 3 rings (SSSR count). The van der Waals surface area contributed by atoms with Crippen molar-refractivity contribution in [2.75, 3.05) is 6.54 Å².